The molecule has 1 N–H and O–H groups in total. The van der Waals surface area contributed by atoms with Gasteiger partial charge in [-0.2, -0.15) is 0 Å². The zero-order valence-electron chi connectivity index (χ0n) is 11.1. The van der Waals surface area contributed by atoms with Crippen LogP contribution in [0.25, 0.3) is 5.69 Å². The monoisotopic (exact) mass is 257 g/mol. The van der Waals surface area contributed by atoms with Crippen molar-refractivity contribution in [2.24, 2.45) is 0 Å². The van der Waals surface area contributed by atoms with Crippen molar-refractivity contribution in [3.63, 3.8) is 0 Å². The van der Waals surface area contributed by atoms with Gasteiger partial charge >= 0.3 is 0 Å². The Hall–Kier alpha value is -2.36. The van der Waals surface area contributed by atoms with Gasteiger partial charge in [0.1, 0.15) is 11.3 Å². The highest BCUT2D eigenvalue weighted by Crippen LogP contribution is 2.18. The summed E-state index contributed by atoms with van der Waals surface area (Å²) >= 11 is 0. The fourth-order valence-electron chi connectivity index (χ4n) is 2.06. The molecule has 2 aromatic rings. The first-order chi connectivity index (χ1) is 8.91. The smallest absolute Gasteiger partial charge is 0.269 e. The number of nitrogens with zero attached hydrogens (tertiary/aromatic N) is 1. The van der Waals surface area contributed by atoms with Gasteiger partial charge in [0, 0.05) is 17.4 Å². The standard InChI is InChI=1S/C15H15NO3/c1-9-4-6-12(7-5-9)16-10(2)8-13(18)14(11(3)17)15(16)19/h4-8,18H,1-3H3. The Morgan fingerprint density at radius 3 is 2.26 bits per heavy atom. The van der Waals surface area contributed by atoms with Crippen LogP contribution >= 0.6 is 0 Å². The molecule has 4 heteroatoms. The van der Waals surface area contributed by atoms with Crippen LogP contribution in [0.5, 0.6) is 5.75 Å². The molecule has 0 aliphatic rings. The minimum atomic E-state index is -0.492. The number of rotatable bonds is 2. The molecule has 0 amide bonds. The number of hydrogen-bond acceptors (Lipinski definition) is 3. The number of aryl methyl sites for hydroxylation is 2. The molecule has 0 radical (unpaired) electrons. The van der Waals surface area contributed by atoms with Crippen molar-refractivity contribution in [2.45, 2.75) is 20.8 Å². The van der Waals surface area contributed by atoms with Crippen LogP contribution < -0.4 is 5.56 Å². The van der Waals surface area contributed by atoms with E-state index in [1.165, 1.54) is 17.6 Å². The number of benzene rings is 1. The zero-order chi connectivity index (χ0) is 14.2. The average Bonchev–Trinajstić information content (AvgIpc) is 2.30. The van der Waals surface area contributed by atoms with E-state index >= 15 is 0 Å². The second-order valence-electron chi connectivity index (χ2n) is 4.58. The van der Waals surface area contributed by atoms with Crippen molar-refractivity contribution in [3.05, 3.63) is 57.5 Å². The summed E-state index contributed by atoms with van der Waals surface area (Å²) in [5, 5.41) is 9.72. The van der Waals surface area contributed by atoms with E-state index in [1.807, 2.05) is 31.2 Å². The minimum Gasteiger partial charge on any atom is -0.507 e. The van der Waals surface area contributed by atoms with Crippen molar-refractivity contribution >= 4 is 5.78 Å². The molecular weight excluding hydrogens is 242 g/mol. The lowest BCUT2D eigenvalue weighted by atomic mass is 10.1. The molecule has 0 saturated carbocycles. The van der Waals surface area contributed by atoms with E-state index in [-0.39, 0.29) is 11.3 Å². The predicted octanol–water partition coefficient (Wildman–Crippen LogP) is 2.36. The van der Waals surface area contributed by atoms with E-state index in [0.29, 0.717) is 11.4 Å². The summed E-state index contributed by atoms with van der Waals surface area (Å²) in [5.74, 6) is -0.707. The first-order valence-corrected chi connectivity index (χ1v) is 5.95. The number of ketones is 1. The van der Waals surface area contributed by atoms with E-state index in [9.17, 15) is 14.7 Å². The van der Waals surface area contributed by atoms with Crippen molar-refractivity contribution in [2.75, 3.05) is 0 Å². The molecule has 0 atom stereocenters. The highest BCUT2D eigenvalue weighted by Gasteiger charge is 2.16. The largest absolute Gasteiger partial charge is 0.507 e. The molecule has 19 heavy (non-hydrogen) atoms. The van der Waals surface area contributed by atoms with Crippen LogP contribution in [0.1, 0.15) is 28.5 Å². The third-order valence-electron chi connectivity index (χ3n) is 3.02. The van der Waals surface area contributed by atoms with Crippen molar-refractivity contribution < 1.29 is 9.90 Å². The van der Waals surface area contributed by atoms with Gasteiger partial charge in [0.2, 0.25) is 0 Å². The summed E-state index contributed by atoms with van der Waals surface area (Å²) in [5.41, 5.74) is 1.67. The van der Waals surface area contributed by atoms with Gasteiger partial charge in [-0.3, -0.25) is 14.2 Å². The van der Waals surface area contributed by atoms with Crippen LogP contribution in [-0.4, -0.2) is 15.5 Å². The molecule has 1 aromatic heterocycles. The van der Waals surface area contributed by atoms with Crippen LogP contribution in [0.15, 0.2) is 35.1 Å². The van der Waals surface area contributed by atoms with Crippen molar-refractivity contribution in [3.8, 4) is 11.4 Å². The highest BCUT2D eigenvalue weighted by molar-refractivity contribution is 5.96. The lowest BCUT2D eigenvalue weighted by Gasteiger charge is -2.12. The quantitative estimate of drug-likeness (QED) is 0.840. The number of aromatic hydroxyl groups is 1. The molecule has 1 aromatic carbocycles. The van der Waals surface area contributed by atoms with E-state index in [2.05, 4.69) is 0 Å². The van der Waals surface area contributed by atoms with Gasteiger partial charge < -0.3 is 5.11 Å². The molecule has 0 aliphatic heterocycles. The summed E-state index contributed by atoms with van der Waals surface area (Å²) < 4.78 is 1.43. The van der Waals surface area contributed by atoms with Crippen LogP contribution in [0.2, 0.25) is 0 Å². The number of pyridine rings is 1. The highest BCUT2D eigenvalue weighted by atomic mass is 16.3. The molecule has 0 unspecified atom stereocenters. The summed E-state index contributed by atoms with van der Waals surface area (Å²) in [6, 6.07) is 8.83. The van der Waals surface area contributed by atoms with Crippen LogP contribution in [-0.2, 0) is 0 Å². The van der Waals surface area contributed by atoms with Crippen LogP contribution in [0, 0.1) is 13.8 Å². The number of carbonyl (C=O) groups is 1. The van der Waals surface area contributed by atoms with Gasteiger partial charge in [0.05, 0.1) is 0 Å². The fraction of sp³-hybridized carbons (Fsp3) is 0.200. The lowest BCUT2D eigenvalue weighted by molar-refractivity contribution is 0.101. The van der Waals surface area contributed by atoms with Gasteiger partial charge in [-0.25, -0.2) is 0 Å². The van der Waals surface area contributed by atoms with Crippen LogP contribution in [0.4, 0.5) is 0 Å². The van der Waals surface area contributed by atoms with Gasteiger partial charge in [-0.15, -0.1) is 0 Å². The summed E-state index contributed by atoms with van der Waals surface area (Å²) in [7, 11) is 0. The molecule has 0 saturated heterocycles. The number of Topliss-reactive ketones (excluding diaryl/α,β-unsaturated/α-hetero) is 1. The van der Waals surface area contributed by atoms with Crippen molar-refractivity contribution in [1.29, 1.82) is 0 Å². The molecule has 0 fully saturated rings. The Labute approximate surface area is 110 Å². The van der Waals surface area contributed by atoms with Crippen LogP contribution in [0.3, 0.4) is 0 Å². The van der Waals surface area contributed by atoms with E-state index in [1.54, 1.807) is 6.92 Å². The van der Waals surface area contributed by atoms with Crippen molar-refractivity contribution in [1.82, 2.24) is 4.57 Å². The van der Waals surface area contributed by atoms with Gasteiger partial charge in [-0.1, -0.05) is 17.7 Å². The summed E-state index contributed by atoms with van der Waals surface area (Å²) in [6.45, 7) is 4.94. The molecule has 2 rings (SSSR count). The Morgan fingerprint density at radius 1 is 1.16 bits per heavy atom. The normalized spacial score (nSPS) is 10.5. The second-order valence-corrected chi connectivity index (χ2v) is 4.58. The maximum atomic E-state index is 12.3. The van der Waals surface area contributed by atoms with E-state index < -0.39 is 11.3 Å². The molecule has 0 spiro atoms. The van der Waals surface area contributed by atoms with Gasteiger partial charge in [0.15, 0.2) is 5.78 Å². The number of hydrogen-bond donors (Lipinski definition) is 1. The van der Waals surface area contributed by atoms with E-state index in [0.717, 1.165) is 5.56 Å². The molecule has 4 nitrogen and oxygen atoms in total. The number of carbonyl (C=O) groups excluding carboxylic acids is 1. The van der Waals surface area contributed by atoms with E-state index in [4.69, 9.17) is 0 Å². The third kappa shape index (κ3) is 2.29. The molecule has 0 aliphatic carbocycles. The molecule has 1 heterocycles. The van der Waals surface area contributed by atoms with Gasteiger partial charge in [-0.05, 0) is 32.9 Å². The average molecular weight is 257 g/mol. The maximum absolute atomic E-state index is 12.3. The fourth-order valence-corrected chi connectivity index (χ4v) is 2.06. The minimum absolute atomic E-state index is 0.175. The lowest BCUT2D eigenvalue weighted by Crippen LogP contribution is -2.26. The third-order valence-corrected chi connectivity index (χ3v) is 3.02. The number of aromatic nitrogens is 1. The first kappa shape index (κ1) is 13.1. The molecule has 0 bridgehead atoms. The first-order valence-electron chi connectivity index (χ1n) is 5.95. The molecule has 98 valence electrons. The Kier molecular flexibility index (Phi) is 3.25. The molecular formula is C15H15NO3. The predicted molar refractivity (Wildman–Crippen MR) is 73.2 cm³/mol. The summed E-state index contributed by atoms with van der Waals surface area (Å²) in [6.07, 6.45) is 0. The second kappa shape index (κ2) is 4.72. The Morgan fingerprint density at radius 2 is 1.74 bits per heavy atom. The Balaban J connectivity index is 2.77. The maximum Gasteiger partial charge on any atom is 0.269 e. The topological polar surface area (TPSA) is 59.3 Å². The Bertz CT molecular complexity index is 697. The zero-order valence-corrected chi connectivity index (χ0v) is 11.1. The summed E-state index contributed by atoms with van der Waals surface area (Å²) in [4.78, 5) is 23.8. The SMILES string of the molecule is CC(=O)c1c(O)cc(C)n(-c2ccc(C)cc2)c1=O. The van der Waals surface area contributed by atoms with Gasteiger partial charge in [0.25, 0.3) is 5.56 Å².